The highest BCUT2D eigenvalue weighted by Crippen LogP contribution is 2.17. The second-order valence-corrected chi connectivity index (χ2v) is 6.99. The van der Waals surface area contributed by atoms with E-state index in [2.05, 4.69) is 24.1 Å². The highest BCUT2D eigenvalue weighted by atomic mass is 16.4. The molecule has 150 valence electrons. The first-order valence-electron chi connectivity index (χ1n) is 9.98. The monoisotopic (exact) mass is 369 g/mol. The molecule has 0 radical (unpaired) electrons. The number of carbonyl (C=O) groups excluding carboxylic acids is 2. The third kappa shape index (κ3) is 8.65. The molecule has 0 aromatic heterocycles. The Balaban J connectivity index is 2.41. The molecule has 26 heavy (non-hydrogen) atoms. The van der Waals surface area contributed by atoms with Gasteiger partial charge in [0, 0.05) is 38.5 Å². The number of likely N-dealkylation sites (tertiary alicyclic amines) is 1. The van der Waals surface area contributed by atoms with Gasteiger partial charge < -0.3 is 20.2 Å². The molecule has 7 nitrogen and oxygen atoms in total. The number of piperidine rings is 1. The summed E-state index contributed by atoms with van der Waals surface area (Å²) in [7, 11) is 0. The lowest BCUT2D eigenvalue weighted by atomic mass is 10.0. The van der Waals surface area contributed by atoms with Crippen molar-refractivity contribution in [2.45, 2.75) is 71.3 Å². The van der Waals surface area contributed by atoms with E-state index < -0.39 is 5.97 Å². The van der Waals surface area contributed by atoms with E-state index in [1.165, 1.54) is 4.90 Å². The second kappa shape index (κ2) is 12.7. The van der Waals surface area contributed by atoms with Gasteiger partial charge in [-0.1, -0.05) is 33.1 Å². The molecule has 0 aromatic rings. The molecule has 1 saturated heterocycles. The fourth-order valence-corrected chi connectivity index (χ4v) is 3.35. The predicted octanol–water partition coefficient (Wildman–Crippen LogP) is 1.86. The molecular formula is C19H35N3O4. The fourth-order valence-electron chi connectivity index (χ4n) is 3.35. The number of aliphatic carboxylic acids is 1. The number of amides is 2. The normalized spacial score (nSPS) is 15.6. The molecule has 1 aliphatic rings. The first kappa shape index (κ1) is 22.4. The third-order valence-corrected chi connectivity index (χ3v) is 4.99. The molecule has 1 aliphatic heterocycles. The van der Waals surface area contributed by atoms with E-state index in [0.29, 0.717) is 6.54 Å². The fraction of sp³-hybridized carbons (Fsp3) is 0.842. The number of carboxylic acid groups (broad SMARTS) is 1. The summed E-state index contributed by atoms with van der Waals surface area (Å²) in [4.78, 5) is 39.3. The van der Waals surface area contributed by atoms with E-state index in [1.807, 2.05) is 0 Å². The lowest BCUT2D eigenvalue weighted by Gasteiger charge is -2.37. The van der Waals surface area contributed by atoms with Crippen LogP contribution >= 0.6 is 0 Å². The Morgan fingerprint density at radius 3 is 2.35 bits per heavy atom. The van der Waals surface area contributed by atoms with Crippen LogP contribution in [-0.4, -0.2) is 71.5 Å². The highest BCUT2D eigenvalue weighted by Gasteiger charge is 2.29. The second-order valence-electron chi connectivity index (χ2n) is 6.99. The average Bonchev–Trinajstić information content (AvgIpc) is 2.64. The van der Waals surface area contributed by atoms with Gasteiger partial charge in [0.05, 0.1) is 0 Å². The molecule has 0 unspecified atom stereocenters. The largest absolute Gasteiger partial charge is 0.480 e. The Kier molecular flexibility index (Phi) is 10.9. The number of rotatable bonds is 12. The summed E-state index contributed by atoms with van der Waals surface area (Å²) in [5.74, 6) is -1.37. The molecule has 0 saturated carbocycles. The Hall–Kier alpha value is -1.63. The van der Waals surface area contributed by atoms with Crippen molar-refractivity contribution in [2.75, 3.05) is 32.7 Å². The molecule has 1 heterocycles. The molecule has 7 heteroatoms. The van der Waals surface area contributed by atoms with Crippen LogP contribution in [0.25, 0.3) is 0 Å². The Morgan fingerprint density at radius 1 is 1.08 bits per heavy atom. The van der Waals surface area contributed by atoms with Crippen LogP contribution in [0.15, 0.2) is 0 Å². The van der Waals surface area contributed by atoms with Crippen molar-refractivity contribution in [3.63, 3.8) is 0 Å². The minimum Gasteiger partial charge on any atom is -0.480 e. The number of carbonyl (C=O) groups is 3. The van der Waals surface area contributed by atoms with Gasteiger partial charge in [0.15, 0.2) is 0 Å². The van der Waals surface area contributed by atoms with Crippen molar-refractivity contribution in [1.82, 2.24) is 15.1 Å². The third-order valence-electron chi connectivity index (χ3n) is 4.99. The van der Waals surface area contributed by atoms with Gasteiger partial charge in [0.1, 0.15) is 6.54 Å². The SMILES string of the molecule is CCCCCCNC(=O)CCC(=O)N(CC(=O)O)C1CCN(CC)CC1. The molecular weight excluding hydrogens is 334 g/mol. The molecule has 2 amide bonds. The van der Waals surface area contributed by atoms with Crippen molar-refractivity contribution >= 4 is 17.8 Å². The number of hydrogen-bond acceptors (Lipinski definition) is 4. The van der Waals surface area contributed by atoms with Crippen LogP contribution in [0.5, 0.6) is 0 Å². The Labute approximate surface area is 157 Å². The van der Waals surface area contributed by atoms with Crippen LogP contribution in [0, 0.1) is 0 Å². The van der Waals surface area contributed by atoms with Gasteiger partial charge in [-0.2, -0.15) is 0 Å². The van der Waals surface area contributed by atoms with Crippen LogP contribution in [0.2, 0.25) is 0 Å². The van der Waals surface area contributed by atoms with Gasteiger partial charge in [-0.15, -0.1) is 0 Å². The van der Waals surface area contributed by atoms with E-state index in [1.54, 1.807) is 0 Å². The Morgan fingerprint density at radius 2 is 1.77 bits per heavy atom. The maximum absolute atomic E-state index is 12.5. The molecule has 0 atom stereocenters. The highest BCUT2D eigenvalue weighted by molar-refractivity contribution is 5.86. The Bertz CT molecular complexity index is 448. The number of nitrogens with zero attached hydrogens (tertiary/aromatic N) is 2. The molecule has 1 fully saturated rings. The summed E-state index contributed by atoms with van der Waals surface area (Å²) < 4.78 is 0. The van der Waals surface area contributed by atoms with Crippen molar-refractivity contribution < 1.29 is 19.5 Å². The summed E-state index contributed by atoms with van der Waals surface area (Å²) in [5, 5.41) is 12.0. The first-order valence-corrected chi connectivity index (χ1v) is 9.98. The lowest BCUT2D eigenvalue weighted by molar-refractivity contribution is -0.147. The van der Waals surface area contributed by atoms with E-state index in [-0.39, 0.29) is 37.2 Å². The van der Waals surface area contributed by atoms with Crippen LogP contribution in [0.1, 0.15) is 65.2 Å². The summed E-state index contributed by atoms with van der Waals surface area (Å²) in [6.45, 7) is 7.32. The zero-order valence-electron chi connectivity index (χ0n) is 16.3. The summed E-state index contributed by atoms with van der Waals surface area (Å²) in [6, 6.07) is -0.0431. The number of hydrogen-bond donors (Lipinski definition) is 2. The first-order chi connectivity index (χ1) is 12.5. The van der Waals surface area contributed by atoms with Crippen molar-refractivity contribution in [1.29, 1.82) is 0 Å². The molecule has 0 spiro atoms. The van der Waals surface area contributed by atoms with E-state index >= 15 is 0 Å². The molecule has 0 aliphatic carbocycles. The van der Waals surface area contributed by atoms with Crippen molar-refractivity contribution in [3.8, 4) is 0 Å². The molecule has 1 rings (SSSR count). The standard InChI is InChI=1S/C19H35N3O4/c1-3-5-6-7-12-20-17(23)8-9-18(24)22(15-19(25)26)16-10-13-21(4-2)14-11-16/h16H,3-15H2,1-2H3,(H,20,23)(H,25,26). The van der Waals surface area contributed by atoms with Gasteiger partial charge in [0.2, 0.25) is 11.8 Å². The molecule has 0 bridgehead atoms. The zero-order valence-corrected chi connectivity index (χ0v) is 16.3. The van der Waals surface area contributed by atoms with Crippen LogP contribution in [0.4, 0.5) is 0 Å². The maximum Gasteiger partial charge on any atom is 0.323 e. The summed E-state index contributed by atoms with van der Waals surface area (Å²) >= 11 is 0. The molecule has 2 N–H and O–H groups in total. The number of unbranched alkanes of at least 4 members (excludes halogenated alkanes) is 3. The van der Waals surface area contributed by atoms with Gasteiger partial charge in [-0.25, -0.2) is 0 Å². The smallest absolute Gasteiger partial charge is 0.323 e. The van der Waals surface area contributed by atoms with Gasteiger partial charge >= 0.3 is 5.97 Å². The zero-order chi connectivity index (χ0) is 19.4. The quantitative estimate of drug-likeness (QED) is 0.513. The minimum absolute atomic E-state index is 0.0431. The predicted molar refractivity (Wildman–Crippen MR) is 101 cm³/mol. The topological polar surface area (TPSA) is 90.0 Å². The molecule has 0 aromatic carbocycles. The minimum atomic E-state index is -1.00. The van der Waals surface area contributed by atoms with E-state index in [9.17, 15) is 14.4 Å². The lowest BCUT2D eigenvalue weighted by Crippen LogP contribution is -2.49. The van der Waals surface area contributed by atoms with Gasteiger partial charge in [-0.05, 0) is 25.8 Å². The average molecular weight is 370 g/mol. The maximum atomic E-state index is 12.5. The van der Waals surface area contributed by atoms with Gasteiger partial charge in [-0.3, -0.25) is 14.4 Å². The van der Waals surface area contributed by atoms with Crippen LogP contribution < -0.4 is 5.32 Å². The van der Waals surface area contributed by atoms with Gasteiger partial charge in [0.25, 0.3) is 0 Å². The van der Waals surface area contributed by atoms with Crippen molar-refractivity contribution in [3.05, 3.63) is 0 Å². The van der Waals surface area contributed by atoms with E-state index in [0.717, 1.165) is 58.2 Å². The number of carboxylic acids is 1. The summed E-state index contributed by atoms with van der Waals surface area (Å²) in [5.41, 5.74) is 0. The van der Waals surface area contributed by atoms with E-state index in [4.69, 9.17) is 5.11 Å². The van der Waals surface area contributed by atoms with Crippen LogP contribution in [-0.2, 0) is 14.4 Å². The van der Waals surface area contributed by atoms with Crippen molar-refractivity contribution in [2.24, 2.45) is 0 Å². The number of nitrogens with one attached hydrogen (secondary N) is 1. The summed E-state index contributed by atoms with van der Waals surface area (Å²) in [6.07, 6.45) is 6.13. The van der Waals surface area contributed by atoms with Crippen LogP contribution in [0.3, 0.4) is 0 Å².